The zero-order chi connectivity index (χ0) is 18.2. The van der Waals surface area contributed by atoms with Gasteiger partial charge in [0.1, 0.15) is 11.6 Å². The molecule has 0 saturated heterocycles. The average molecular weight is 362 g/mol. The van der Waals surface area contributed by atoms with Gasteiger partial charge in [0.25, 0.3) is 0 Å². The number of carbonyl (C=O) groups excluding carboxylic acids is 2. The van der Waals surface area contributed by atoms with Crippen LogP contribution in [0.4, 0.5) is 9.59 Å². The van der Waals surface area contributed by atoms with Crippen molar-refractivity contribution < 1.29 is 14.3 Å². The molecule has 1 aromatic heterocycles. The lowest BCUT2D eigenvalue weighted by Gasteiger charge is -2.05. The van der Waals surface area contributed by atoms with Crippen molar-refractivity contribution in [3.8, 4) is 0 Å². The van der Waals surface area contributed by atoms with E-state index in [0.29, 0.717) is 0 Å². The first-order valence-corrected chi connectivity index (χ1v) is 8.89. The summed E-state index contributed by atoms with van der Waals surface area (Å²) in [5.41, 5.74) is 0.876. The van der Waals surface area contributed by atoms with Crippen LogP contribution in [0.2, 0.25) is 0 Å². The highest BCUT2D eigenvalue weighted by molar-refractivity contribution is 7.08. The number of aryl methyl sites for hydroxylation is 1. The molecule has 0 fully saturated rings. The van der Waals surface area contributed by atoms with Crippen molar-refractivity contribution in [2.45, 2.75) is 32.8 Å². The molecule has 2 amide bonds. The smallest absolute Gasteiger partial charge is 0.437 e. The van der Waals surface area contributed by atoms with E-state index in [-0.39, 0.29) is 11.4 Å². The second kappa shape index (κ2) is 9.12. The minimum atomic E-state index is -0.645. The maximum atomic E-state index is 12.4. The topological polar surface area (TPSA) is 76.8 Å². The fourth-order valence-electron chi connectivity index (χ4n) is 1.90. The second-order valence-corrected chi connectivity index (χ2v) is 6.66. The Morgan fingerprint density at radius 1 is 1.28 bits per heavy atom. The van der Waals surface area contributed by atoms with Crippen molar-refractivity contribution in [1.29, 1.82) is 0 Å². The normalized spacial score (nSPS) is 11.4. The monoisotopic (exact) mass is 362 g/mol. The lowest BCUT2D eigenvalue weighted by atomic mass is 10.2. The van der Waals surface area contributed by atoms with Gasteiger partial charge in [-0.15, -0.1) is 4.68 Å². The van der Waals surface area contributed by atoms with E-state index in [2.05, 4.69) is 17.0 Å². The van der Waals surface area contributed by atoms with E-state index in [9.17, 15) is 9.59 Å². The molecule has 0 spiro atoms. The summed E-state index contributed by atoms with van der Waals surface area (Å²) in [5.74, 6) is 0. The highest BCUT2D eigenvalue weighted by Gasteiger charge is 2.15. The SMILES string of the molecule is CCCCc1nn(C(=O)OCc2ccccc2)c(=NC(=O)N(C)C)s1. The van der Waals surface area contributed by atoms with E-state index >= 15 is 0 Å². The largest absolute Gasteiger partial charge is 0.443 e. The van der Waals surface area contributed by atoms with Crippen LogP contribution in [0.3, 0.4) is 0 Å². The average Bonchev–Trinajstić information content (AvgIpc) is 3.01. The number of benzene rings is 1. The summed E-state index contributed by atoms with van der Waals surface area (Å²) in [6.07, 6.45) is 2.06. The highest BCUT2D eigenvalue weighted by Crippen LogP contribution is 2.07. The van der Waals surface area contributed by atoms with Gasteiger partial charge in [-0.3, -0.25) is 0 Å². The third kappa shape index (κ3) is 5.53. The van der Waals surface area contributed by atoms with E-state index in [0.717, 1.165) is 34.5 Å². The molecule has 1 aromatic carbocycles. The Kier molecular flexibility index (Phi) is 6.88. The van der Waals surface area contributed by atoms with Gasteiger partial charge < -0.3 is 9.64 Å². The van der Waals surface area contributed by atoms with Crippen molar-refractivity contribution in [3.05, 3.63) is 45.7 Å². The van der Waals surface area contributed by atoms with Gasteiger partial charge in [0.05, 0.1) is 0 Å². The number of hydrogen-bond acceptors (Lipinski definition) is 5. The lowest BCUT2D eigenvalue weighted by Crippen LogP contribution is -2.29. The molecule has 0 atom stereocenters. The maximum absolute atomic E-state index is 12.4. The molecule has 0 saturated carbocycles. The summed E-state index contributed by atoms with van der Waals surface area (Å²) in [6, 6.07) is 8.93. The molecule has 0 aliphatic carbocycles. The Balaban J connectivity index is 2.22. The lowest BCUT2D eigenvalue weighted by molar-refractivity contribution is 0.136. The number of hydrogen-bond donors (Lipinski definition) is 0. The van der Waals surface area contributed by atoms with Crippen LogP contribution in [0.1, 0.15) is 30.3 Å². The number of aromatic nitrogens is 2. The van der Waals surface area contributed by atoms with Crippen molar-refractivity contribution in [1.82, 2.24) is 14.7 Å². The summed E-state index contributed by atoms with van der Waals surface area (Å²) in [7, 11) is 3.20. The molecule has 1 heterocycles. The predicted molar refractivity (Wildman–Crippen MR) is 95.4 cm³/mol. The predicted octanol–water partition coefficient (Wildman–Crippen LogP) is 3.05. The van der Waals surface area contributed by atoms with Gasteiger partial charge >= 0.3 is 12.1 Å². The molecule has 0 N–H and O–H groups in total. The number of unbranched alkanes of at least 4 members (excludes halogenated alkanes) is 1. The molecular weight excluding hydrogens is 340 g/mol. The molecule has 2 rings (SSSR count). The zero-order valence-electron chi connectivity index (χ0n) is 14.6. The standard InChI is InChI=1S/C17H22N4O3S/c1-4-5-11-14-19-21(16(25-14)18-15(22)20(2)3)17(23)24-12-13-9-7-6-8-10-13/h6-10H,4-5,11-12H2,1-3H3. The van der Waals surface area contributed by atoms with Gasteiger partial charge in [-0.25, -0.2) is 9.59 Å². The first-order chi connectivity index (χ1) is 12.0. The summed E-state index contributed by atoms with van der Waals surface area (Å²) in [6.45, 7) is 2.21. The fourth-order valence-corrected chi connectivity index (χ4v) is 2.81. The minimum absolute atomic E-state index is 0.134. The fraction of sp³-hybridized carbons (Fsp3) is 0.412. The number of rotatable bonds is 5. The molecule has 0 aliphatic rings. The van der Waals surface area contributed by atoms with E-state index in [1.54, 1.807) is 14.1 Å². The molecule has 2 aromatic rings. The first kappa shape index (κ1) is 18.9. The molecule has 0 unspecified atom stereocenters. The van der Waals surface area contributed by atoms with Crippen LogP contribution < -0.4 is 4.80 Å². The van der Waals surface area contributed by atoms with Gasteiger partial charge in [0.2, 0.25) is 4.80 Å². The molecule has 25 heavy (non-hydrogen) atoms. The van der Waals surface area contributed by atoms with Crippen molar-refractivity contribution in [2.75, 3.05) is 14.1 Å². The molecular formula is C17H22N4O3S. The Morgan fingerprint density at radius 2 is 2.00 bits per heavy atom. The second-order valence-electron chi connectivity index (χ2n) is 5.62. The summed E-state index contributed by atoms with van der Waals surface area (Å²) in [4.78, 5) is 29.8. The Bertz CT molecular complexity index is 781. The van der Waals surface area contributed by atoms with Gasteiger partial charge in [-0.2, -0.15) is 10.1 Å². The Labute approximate surface area is 150 Å². The molecule has 0 bridgehead atoms. The van der Waals surface area contributed by atoms with Crippen molar-refractivity contribution in [2.24, 2.45) is 4.99 Å². The Morgan fingerprint density at radius 3 is 2.64 bits per heavy atom. The van der Waals surface area contributed by atoms with Gasteiger partial charge in [-0.05, 0) is 12.0 Å². The van der Waals surface area contributed by atoms with Crippen LogP contribution >= 0.6 is 11.3 Å². The van der Waals surface area contributed by atoms with Crippen LogP contribution in [0.25, 0.3) is 0 Å². The third-order valence-electron chi connectivity index (χ3n) is 3.30. The van der Waals surface area contributed by atoms with E-state index in [1.165, 1.54) is 16.2 Å². The maximum Gasteiger partial charge on any atom is 0.437 e. The van der Waals surface area contributed by atoms with E-state index in [4.69, 9.17) is 4.74 Å². The minimum Gasteiger partial charge on any atom is -0.443 e. The van der Waals surface area contributed by atoms with Crippen LogP contribution in [0.15, 0.2) is 35.3 Å². The van der Waals surface area contributed by atoms with Crippen LogP contribution in [-0.4, -0.2) is 40.9 Å². The van der Waals surface area contributed by atoms with Crippen molar-refractivity contribution in [3.63, 3.8) is 0 Å². The van der Waals surface area contributed by atoms with Crippen LogP contribution in [0, 0.1) is 0 Å². The molecule has 0 aliphatic heterocycles. The molecule has 134 valence electrons. The van der Waals surface area contributed by atoms with E-state index in [1.807, 2.05) is 30.3 Å². The van der Waals surface area contributed by atoms with Gasteiger partial charge in [0, 0.05) is 20.5 Å². The molecule has 0 radical (unpaired) electrons. The summed E-state index contributed by atoms with van der Waals surface area (Å²) in [5, 5.41) is 5.02. The highest BCUT2D eigenvalue weighted by atomic mass is 32.1. The number of nitrogens with zero attached hydrogens (tertiary/aromatic N) is 4. The Hall–Kier alpha value is -2.48. The van der Waals surface area contributed by atoms with Crippen LogP contribution in [-0.2, 0) is 17.8 Å². The van der Waals surface area contributed by atoms with E-state index < -0.39 is 12.1 Å². The number of ether oxygens (including phenoxy) is 1. The summed E-state index contributed by atoms with van der Waals surface area (Å²) >= 11 is 1.23. The van der Waals surface area contributed by atoms with Gasteiger partial charge in [0.15, 0.2) is 0 Å². The number of urea groups is 1. The molecule has 7 nitrogen and oxygen atoms in total. The first-order valence-electron chi connectivity index (χ1n) is 8.07. The number of amides is 2. The van der Waals surface area contributed by atoms with Crippen LogP contribution in [0.5, 0.6) is 0 Å². The number of carbonyl (C=O) groups is 2. The quantitative estimate of drug-likeness (QED) is 0.819. The van der Waals surface area contributed by atoms with Crippen molar-refractivity contribution >= 4 is 23.5 Å². The van der Waals surface area contributed by atoms with Gasteiger partial charge in [-0.1, -0.05) is 55.0 Å². The zero-order valence-corrected chi connectivity index (χ0v) is 15.5. The molecule has 8 heteroatoms. The summed E-state index contributed by atoms with van der Waals surface area (Å²) < 4.78 is 6.37. The third-order valence-corrected chi connectivity index (χ3v) is 4.27.